The van der Waals surface area contributed by atoms with Gasteiger partial charge in [0, 0.05) is 76.8 Å². The van der Waals surface area contributed by atoms with Gasteiger partial charge in [-0.2, -0.15) is 0 Å². The highest BCUT2D eigenvalue weighted by molar-refractivity contribution is 7.92. The van der Waals surface area contributed by atoms with Crippen LogP contribution in [-0.4, -0.2) is 44.6 Å². The number of hydrogen-bond acceptors (Lipinski definition) is 5. The lowest BCUT2D eigenvalue weighted by Gasteiger charge is -2.20. The maximum atomic E-state index is 14.4. The number of pyridine rings is 1. The molecule has 212 valence electrons. The number of carbonyl (C=O) groups excluding carboxylic acids is 1. The van der Waals surface area contributed by atoms with Gasteiger partial charge in [-0.25, -0.2) is 17.2 Å². The molecule has 3 aromatic carbocycles. The van der Waals surface area contributed by atoms with Crippen LogP contribution in [0, 0.1) is 11.6 Å². The van der Waals surface area contributed by atoms with Crippen molar-refractivity contribution in [2.24, 2.45) is 0 Å². The highest BCUT2D eigenvalue weighted by atomic mass is 32.2. The van der Waals surface area contributed by atoms with Crippen LogP contribution in [0.5, 0.6) is 0 Å². The largest absolute Gasteiger partial charge is 0.455 e. The molecule has 0 fully saturated rings. The first kappa shape index (κ1) is 27.2. The van der Waals surface area contributed by atoms with E-state index in [0.717, 1.165) is 10.6 Å². The van der Waals surface area contributed by atoms with Gasteiger partial charge in [0.05, 0.1) is 17.5 Å². The Morgan fingerprint density at radius 3 is 2.38 bits per heavy atom. The van der Waals surface area contributed by atoms with Crippen molar-refractivity contribution in [3.05, 3.63) is 96.3 Å². The average molecular weight is 587 g/mol. The topological polar surface area (TPSA) is 108 Å². The average Bonchev–Trinajstić information content (AvgIpc) is 3.58. The number of halogens is 2. The number of furan rings is 1. The van der Waals surface area contributed by atoms with E-state index in [2.05, 4.69) is 15.3 Å². The molecule has 6 rings (SSSR count). The van der Waals surface area contributed by atoms with Crippen molar-refractivity contribution in [2.75, 3.05) is 24.7 Å². The van der Waals surface area contributed by atoms with Crippen LogP contribution in [0.25, 0.3) is 55.6 Å². The van der Waals surface area contributed by atoms with Crippen molar-refractivity contribution in [3.8, 4) is 33.7 Å². The van der Waals surface area contributed by atoms with Crippen molar-refractivity contribution in [1.82, 2.24) is 15.3 Å². The summed E-state index contributed by atoms with van der Waals surface area (Å²) in [6.45, 7) is 0. The zero-order valence-electron chi connectivity index (χ0n) is 22.7. The molecular weight excluding hydrogens is 562 g/mol. The second-order valence-electron chi connectivity index (χ2n) is 9.83. The number of nitrogens with zero attached hydrogens (tertiary/aromatic N) is 2. The quantitative estimate of drug-likeness (QED) is 0.237. The minimum absolute atomic E-state index is 0.210. The molecule has 0 saturated heterocycles. The molecule has 0 aliphatic heterocycles. The fourth-order valence-electron chi connectivity index (χ4n) is 4.97. The maximum Gasteiger partial charge on any atom is 0.255 e. The van der Waals surface area contributed by atoms with Crippen molar-refractivity contribution in [3.63, 3.8) is 0 Å². The smallest absolute Gasteiger partial charge is 0.255 e. The molecule has 0 saturated carbocycles. The Morgan fingerprint density at radius 1 is 0.952 bits per heavy atom. The minimum atomic E-state index is -3.72. The lowest BCUT2D eigenvalue weighted by atomic mass is 9.98. The van der Waals surface area contributed by atoms with E-state index in [1.807, 2.05) is 0 Å². The first-order valence-electron chi connectivity index (χ1n) is 12.8. The van der Waals surface area contributed by atoms with Crippen LogP contribution < -0.4 is 9.62 Å². The molecule has 11 heteroatoms. The van der Waals surface area contributed by atoms with Crippen LogP contribution in [0.4, 0.5) is 14.5 Å². The standard InChI is InChI=1S/C31H24F2N4O4S/c1-34-31(38)29-23-12-21(18-11-19(16-35-15-18)26-13-22-24(33)5-4-6-25(22)36-26)27(37(2)42(3,39)40)14-28(23)41-30(29)17-7-9-20(32)10-8-17/h4-16,36H,1-3H3,(H,34,38). The van der Waals surface area contributed by atoms with Crippen LogP contribution in [0.3, 0.4) is 0 Å². The molecule has 8 nitrogen and oxygen atoms in total. The Hall–Kier alpha value is -5.03. The van der Waals surface area contributed by atoms with Crippen LogP contribution >= 0.6 is 0 Å². The predicted molar refractivity (Wildman–Crippen MR) is 159 cm³/mol. The molecule has 42 heavy (non-hydrogen) atoms. The van der Waals surface area contributed by atoms with Gasteiger partial charge in [-0.15, -0.1) is 0 Å². The van der Waals surface area contributed by atoms with Crippen molar-refractivity contribution in [1.29, 1.82) is 0 Å². The van der Waals surface area contributed by atoms with Gasteiger partial charge in [0.2, 0.25) is 10.0 Å². The second kappa shape index (κ2) is 10.1. The number of nitrogens with one attached hydrogen (secondary N) is 2. The van der Waals surface area contributed by atoms with Crippen LogP contribution in [0.1, 0.15) is 10.4 Å². The molecule has 0 radical (unpaired) electrons. The number of amides is 1. The van der Waals surface area contributed by atoms with Crippen LogP contribution in [0.15, 0.2) is 83.5 Å². The Kier molecular flexibility index (Phi) is 6.53. The van der Waals surface area contributed by atoms with Gasteiger partial charge in [0.15, 0.2) is 0 Å². The van der Waals surface area contributed by atoms with Gasteiger partial charge in [-0.05, 0) is 54.6 Å². The predicted octanol–water partition coefficient (Wildman–Crippen LogP) is 6.34. The van der Waals surface area contributed by atoms with E-state index in [-0.39, 0.29) is 28.4 Å². The molecule has 0 spiro atoms. The third-order valence-electron chi connectivity index (χ3n) is 7.17. The molecule has 3 aromatic heterocycles. The van der Waals surface area contributed by atoms with Crippen LogP contribution in [0.2, 0.25) is 0 Å². The fourth-order valence-corrected chi connectivity index (χ4v) is 5.47. The lowest BCUT2D eigenvalue weighted by molar-refractivity contribution is 0.0964. The highest BCUT2D eigenvalue weighted by Gasteiger charge is 2.26. The lowest BCUT2D eigenvalue weighted by Crippen LogP contribution is -2.25. The number of carbonyl (C=O) groups is 1. The molecule has 0 bridgehead atoms. The van der Waals surface area contributed by atoms with E-state index in [1.165, 1.54) is 44.4 Å². The SMILES string of the molecule is CNC(=O)c1c(-c2ccc(F)cc2)oc2cc(N(C)S(C)(=O)=O)c(-c3cncc(-c4cc5c(F)cccc5[nH]4)c3)cc12. The first-order valence-corrected chi connectivity index (χ1v) is 14.7. The zero-order valence-corrected chi connectivity index (χ0v) is 23.5. The Labute approximate surface area is 239 Å². The summed E-state index contributed by atoms with van der Waals surface area (Å²) in [7, 11) is -0.815. The number of H-pyrrole nitrogens is 1. The van der Waals surface area contributed by atoms with E-state index in [1.54, 1.807) is 48.8 Å². The summed E-state index contributed by atoms with van der Waals surface area (Å²) >= 11 is 0. The molecule has 2 N–H and O–H groups in total. The molecule has 0 aliphatic rings. The second-order valence-corrected chi connectivity index (χ2v) is 11.8. The minimum Gasteiger partial charge on any atom is -0.455 e. The van der Waals surface area contributed by atoms with Crippen molar-refractivity contribution in [2.45, 2.75) is 0 Å². The number of sulfonamides is 1. The summed E-state index contributed by atoms with van der Waals surface area (Å²) in [5.74, 6) is -1.03. The van der Waals surface area contributed by atoms with Crippen molar-refractivity contribution < 1.29 is 26.4 Å². The third-order valence-corrected chi connectivity index (χ3v) is 8.37. The van der Waals surface area contributed by atoms with Gasteiger partial charge in [0.25, 0.3) is 5.91 Å². The number of benzene rings is 3. The van der Waals surface area contributed by atoms with Gasteiger partial charge in [-0.3, -0.25) is 14.1 Å². The molecule has 0 unspecified atom stereocenters. The van der Waals surface area contributed by atoms with Crippen LogP contribution in [-0.2, 0) is 10.0 Å². The van der Waals surface area contributed by atoms with Gasteiger partial charge in [0.1, 0.15) is 23.0 Å². The molecular formula is C31H24F2N4O4S. The summed E-state index contributed by atoms with van der Waals surface area (Å²) in [5, 5.41) is 3.48. The molecule has 0 atom stereocenters. The van der Waals surface area contributed by atoms with E-state index >= 15 is 0 Å². The number of aromatic nitrogens is 2. The summed E-state index contributed by atoms with van der Waals surface area (Å²) in [4.78, 5) is 20.7. The number of anilines is 1. The molecule has 3 heterocycles. The Bertz CT molecular complexity index is 2120. The van der Waals surface area contributed by atoms with Gasteiger partial charge >= 0.3 is 0 Å². The van der Waals surface area contributed by atoms with E-state index in [9.17, 15) is 22.0 Å². The number of fused-ring (bicyclic) bond motifs is 2. The normalized spacial score (nSPS) is 11.7. The summed E-state index contributed by atoms with van der Waals surface area (Å²) in [6.07, 6.45) is 4.27. The van der Waals surface area contributed by atoms with E-state index in [4.69, 9.17) is 4.42 Å². The Morgan fingerprint density at radius 2 is 1.69 bits per heavy atom. The third kappa shape index (κ3) is 4.67. The molecule has 6 aromatic rings. The first-order chi connectivity index (χ1) is 20.0. The molecule has 0 aliphatic carbocycles. The molecule has 1 amide bonds. The van der Waals surface area contributed by atoms with E-state index in [0.29, 0.717) is 44.2 Å². The summed E-state index contributed by atoms with van der Waals surface area (Å²) < 4.78 is 60.7. The zero-order chi connectivity index (χ0) is 29.8. The monoisotopic (exact) mass is 586 g/mol. The number of aromatic amines is 1. The number of hydrogen-bond donors (Lipinski definition) is 2. The fraction of sp³-hybridized carbons (Fsp3) is 0.0968. The van der Waals surface area contributed by atoms with Gasteiger partial charge < -0.3 is 14.7 Å². The summed E-state index contributed by atoms with van der Waals surface area (Å²) in [6, 6.07) is 17.0. The summed E-state index contributed by atoms with van der Waals surface area (Å²) in [5.41, 5.74) is 4.13. The Balaban J connectivity index is 1.60. The highest BCUT2D eigenvalue weighted by Crippen LogP contribution is 2.42. The number of rotatable bonds is 6. The van der Waals surface area contributed by atoms with Gasteiger partial charge in [-0.1, -0.05) is 6.07 Å². The van der Waals surface area contributed by atoms with Crippen molar-refractivity contribution >= 4 is 43.5 Å². The maximum absolute atomic E-state index is 14.4. The van der Waals surface area contributed by atoms with E-state index < -0.39 is 21.7 Å².